The Morgan fingerprint density at radius 1 is 1.32 bits per heavy atom. The van der Waals surface area contributed by atoms with E-state index in [0.717, 1.165) is 42.3 Å². The molecule has 1 aliphatic heterocycles. The highest BCUT2D eigenvalue weighted by atomic mass is 16.1. The zero-order valence-electron chi connectivity index (χ0n) is 11.5. The first-order valence-electron chi connectivity index (χ1n) is 6.81. The molecule has 1 aromatic carbocycles. The third kappa shape index (κ3) is 2.30. The molecule has 98 valence electrons. The summed E-state index contributed by atoms with van der Waals surface area (Å²) in [5, 5.41) is 0.737. The van der Waals surface area contributed by atoms with Gasteiger partial charge < -0.3 is 4.90 Å². The van der Waals surface area contributed by atoms with Crippen LogP contribution in [-0.4, -0.2) is 42.4 Å². The number of piperidine rings is 1. The van der Waals surface area contributed by atoms with Gasteiger partial charge in [0, 0.05) is 6.04 Å². The van der Waals surface area contributed by atoms with Crippen LogP contribution in [0.1, 0.15) is 18.9 Å². The normalized spacial score (nSPS) is 17.9. The lowest BCUT2D eigenvalue weighted by Crippen LogP contribution is -2.35. The number of likely N-dealkylation sites (tertiary alicyclic amines) is 1. The number of hydrogen-bond donors (Lipinski definition) is 0. The maximum absolute atomic E-state index is 12.6. The smallest absolute Gasteiger partial charge is 0.261 e. The van der Waals surface area contributed by atoms with Crippen molar-refractivity contribution in [2.24, 2.45) is 0 Å². The van der Waals surface area contributed by atoms with Crippen molar-refractivity contribution in [1.29, 1.82) is 0 Å². The van der Waals surface area contributed by atoms with Crippen molar-refractivity contribution in [1.82, 2.24) is 14.5 Å². The Kier molecular flexibility index (Phi) is 3.15. The van der Waals surface area contributed by atoms with Crippen molar-refractivity contribution in [3.8, 4) is 0 Å². The maximum Gasteiger partial charge on any atom is 0.261 e. The first-order chi connectivity index (χ1) is 9.15. The van der Waals surface area contributed by atoms with E-state index in [1.54, 1.807) is 6.33 Å². The van der Waals surface area contributed by atoms with Gasteiger partial charge in [-0.25, -0.2) is 4.98 Å². The SMILES string of the molecule is Bc1ccc2ncn(C3CCN(C)CC3)c(=O)c2c1. The summed E-state index contributed by atoms with van der Waals surface area (Å²) in [6.07, 6.45) is 3.76. The van der Waals surface area contributed by atoms with Crippen molar-refractivity contribution in [3.05, 3.63) is 34.9 Å². The Bertz CT molecular complexity index is 659. The molecule has 0 atom stereocenters. The Morgan fingerprint density at radius 3 is 2.79 bits per heavy atom. The molecule has 2 heterocycles. The van der Waals surface area contributed by atoms with Gasteiger partial charge in [0.15, 0.2) is 0 Å². The van der Waals surface area contributed by atoms with Crippen LogP contribution in [-0.2, 0) is 0 Å². The number of rotatable bonds is 1. The summed E-state index contributed by atoms with van der Waals surface area (Å²) in [5.41, 5.74) is 2.00. The Labute approximate surface area is 113 Å². The number of fused-ring (bicyclic) bond motifs is 1. The molecule has 1 aliphatic rings. The molecule has 0 amide bonds. The standard InChI is InChI=1S/C14H18BN3O/c1-17-6-4-11(5-7-17)18-9-16-13-3-2-10(15)8-12(13)14(18)19/h2-3,8-9,11H,4-7,15H2,1H3. The van der Waals surface area contributed by atoms with E-state index in [4.69, 9.17) is 0 Å². The van der Waals surface area contributed by atoms with E-state index >= 15 is 0 Å². The number of aromatic nitrogens is 2. The van der Waals surface area contributed by atoms with Gasteiger partial charge in [0.2, 0.25) is 0 Å². The largest absolute Gasteiger partial charge is 0.306 e. The Balaban J connectivity index is 2.05. The minimum Gasteiger partial charge on any atom is -0.306 e. The summed E-state index contributed by atoms with van der Waals surface area (Å²) in [6.45, 7) is 2.09. The first kappa shape index (κ1) is 12.4. The molecular weight excluding hydrogens is 237 g/mol. The van der Waals surface area contributed by atoms with E-state index in [9.17, 15) is 4.79 Å². The molecule has 0 N–H and O–H groups in total. The van der Waals surface area contributed by atoms with Crippen molar-refractivity contribution in [2.75, 3.05) is 20.1 Å². The first-order valence-corrected chi connectivity index (χ1v) is 6.81. The van der Waals surface area contributed by atoms with Crippen molar-refractivity contribution >= 4 is 24.2 Å². The summed E-state index contributed by atoms with van der Waals surface area (Å²) in [6, 6.07) is 6.15. The zero-order valence-corrected chi connectivity index (χ0v) is 11.5. The van der Waals surface area contributed by atoms with E-state index < -0.39 is 0 Å². The van der Waals surface area contributed by atoms with Crippen LogP contribution in [0.3, 0.4) is 0 Å². The second-order valence-electron chi connectivity index (χ2n) is 5.51. The van der Waals surface area contributed by atoms with Crippen LogP contribution in [0, 0.1) is 0 Å². The molecular formula is C14H18BN3O. The molecule has 4 nitrogen and oxygen atoms in total. The minimum atomic E-state index is 0.100. The molecule has 3 rings (SSSR count). The van der Waals surface area contributed by atoms with Crippen LogP contribution >= 0.6 is 0 Å². The minimum absolute atomic E-state index is 0.100. The van der Waals surface area contributed by atoms with Gasteiger partial charge in [0.1, 0.15) is 7.85 Å². The summed E-state index contributed by atoms with van der Waals surface area (Å²) < 4.78 is 1.83. The number of benzene rings is 1. The molecule has 2 aromatic rings. The van der Waals surface area contributed by atoms with Gasteiger partial charge in [-0.1, -0.05) is 17.6 Å². The topological polar surface area (TPSA) is 38.1 Å². The van der Waals surface area contributed by atoms with Gasteiger partial charge in [-0.05, 0) is 39.0 Å². The van der Waals surface area contributed by atoms with E-state index in [2.05, 4.69) is 16.9 Å². The second kappa shape index (κ2) is 4.81. The van der Waals surface area contributed by atoms with Crippen molar-refractivity contribution in [2.45, 2.75) is 18.9 Å². The van der Waals surface area contributed by atoms with E-state index in [-0.39, 0.29) is 5.56 Å². The molecule has 0 unspecified atom stereocenters. The fraction of sp³-hybridized carbons (Fsp3) is 0.429. The lowest BCUT2D eigenvalue weighted by molar-refractivity contribution is 0.218. The van der Waals surface area contributed by atoms with E-state index in [0.29, 0.717) is 6.04 Å². The molecule has 5 heteroatoms. The maximum atomic E-state index is 12.6. The van der Waals surface area contributed by atoms with Crippen LogP contribution in [0.15, 0.2) is 29.3 Å². The predicted molar refractivity (Wildman–Crippen MR) is 79.9 cm³/mol. The van der Waals surface area contributed by atoms with Crippen LogP contribution in [0.5, 0.6) is 0 Å². The van der Waals surface area contributed by atoms with Crippen LogP contribution in [0.4, 0.5) is 0 Å². The van der Waals surface area contributed by atoms with Gasteiger partial charge in [-0.2, -0.15) is 0 Å². The number of nitrogens with zero attached hydrogens (tertiary/aromatic N) is 3. The second-order valence-corrected chi connectivity index (χ2v) is 5.51. The van der Waals surface area contributed by atoms with Crippen LogP contribution in [0.25, 0.3) is 10.9 Å². The molecule has 1 saturated heterocycles. The third-order valence-corrected chi connectivity index (χ3v) is 4.02. The molecule has 19 heavy (non-hydrogen) atoms. The highest BCUT2D eigenvalue weighted by Gasteiger charge is 2.19. The quantitative estimate of drug-likeness (QED) is 0.669. The molecule has 0 bridgehead atoms. The zero-order chi connectivity index (χ0) is 13.4. The van der Waals surface area contributed by atoms with Gasteiger partial charge in [0.05, 0.1) is 17.2 Å². The van der Waals surface area contributed by atoms with Crippen molar-refractivity contribution < 1.29 is 0 Å². The molecule has 1 aromatic heterocycles. The number of hydrogen-bond acceptors (Lipinski definition) is 3. The fourth-order valence-electron chi connectivity index (χ4n) is 2.78. The fourth-order valence-corrected chi connectivity index (χ4v) is 2.78. The Morgan fingerprint density at radius 2 is 2.05 bits per heavy atom. The van der Waals surface area contributed by atoms with Gasteiger partial charge in [-0.3, -0.25) is 9.36 Å². The third-order valence-electron chi connectivity index (χ3n) is 4.02. The van der Waals surface area contributed by atoms with Crippen LogP contribution < -0.4 is 11.0 Å². The Hall–Kier alpha value is -1.62. The molecule has 0 aliphatic carbocycles. The lowest BCUT2D eigenvalue weighted by atomic mass is 9.95. The monoisotopic (exact) mass is 255 g/mol. The molecule has 0 saturated carbocycles. The molecule has 0 spiro atoms. The van der Waals surface area contributed by atoms with Gasteiger partial charge in [0.25, 0.3) is 5.56 Å². The van der Waals surface area contributed by atoms with E-state index in [1.807, 2.05) is 30.6 Å². The average molecular weight is 255 g/mol. The summed E-state index contributed by atoms with van der Waals surface area (Å²) in [7, 11) is 4.13. The molecule has 1 fully saturated rings. The highest BCUT2D eigenvalue weighted by Crippen LogP contribution is 2.20. The lowest BCUT2D eigenvalue weighted by Gasteiger charge is -2.30. The van der Waals surface area contributed by atoms with Crippen LogP contribution in [0.2, 0.25) is 0 Å². The average Bonchev–Trinajstić information content (AvgIpc) is 2.41. The highest BCUT2D eigenvalue weighted by molar-refractivity contribution is 6.33. The molecule has 0 radical (unpaired) electrons. The van der Waals surface area contributed by atoms with E-state index in [1.165, 1.54) is 0 Å². The summed E-state index contributed by atoms with van der Waals surface area (Å²) in [5.74, 6) is 0. The van der Waals surface area contributed by atoms with Gasteiger partial charge in [-0.15, -0.1) is 0 Å². The summed E-state index contributed by atoms with van der Waals surface area (Å²) in [4.78, 5) is 19.3. The summed E-state index contributed by atoms with van der Waals surface area (Å²) >= 11 is 0. The predicted octanol–water partition coefficient (Wildman–Crippen LogP) is -0.0784. The van der Waals surface area contributed by atoms with Crippen molar-refractivity contribution in [3.63, 3.8) is 0 Å². The van der Waals surface area contributed by atoms with Gasteiger partial charge >= 0.3 is 0 Å².